The maximum atomic E-state index is 11.8. The first kappa shape index (κ1) is 13.8. The lowest BCUT2D eigenvalue weighted by Crippen LogP contribution is -2.39. The van der Waals surface area contributed by atoms with Crippen LogP contribution in [0.2, 0.25) is 0 Å². The van der Waals surface area contributed by atoms with Crippen molar-refractivity contribution in [2.45, 2.75) is 33.6 Å². The summed E-state index contributed by atoms with van der Waals surface area (Å²) in [4.78, 5) is 11.8. The molecule has 1 rings (SSSR count). The highest BCUT2D eigenvalue weighted by Crippen LogP contribution is 2.24. The molecule has 0 unspecified atom stereocenters. The highest BCUT2D eigenvalue weighted by molar-refractivity contribution is 5.91. The third-order valence-electron chi connectivity index (χ3n) is 3.42. The van der Waals surface area contributed by atoms with E-state index in [9.17, 15) is 9.90 Å². The maximum absolute atomic E-state index is 11.8. The smallest absolute Gasteiger partial charge is 0.287 e. The zero-order chi connectivity index (χ0) is 12.9. The molecule has 0 spiro atoms. The minimum Gasteiger partial charge on any atom is -0.456 e. The van der Waals surface area contributed by atoms with Crippen LogP contribution in [0.3, 0.4) is 0 Å². The molecule has 1 aromatic heterocycles. The van der Waals surface area contributed by atoms with Crippen LogP contribution >= 0.6 is 0 Å². The second-order valence-corrected chi connectivity index (χ2v) is 4.46. The van der Waals surface area contributed by atoms with Crippen molar-refractivity contribution in [1.82, 2.24) is 5.32 Å². The first-order valence-corrected chi connectivity index (χ1v) is 6.02. The quantitative estimate of drug-likeness (QED) is 0.799. The molecule has 0 atom stereocenters. The second kappa shape index (κ2) is 5.87. The highest BCUT2D eigenvalue weighted by Gasteiger charge is 2.26. The zero-order valence-corrected chi connectivity index (χ0v) is 10.7. The first-order valence-electron chi connectivity index (χ1n) is 6.02. The number of carbonyl (C=O) groups excluding carboxylic acids is 1. The summed E-state index contributed by atoms with van der Waals surface area (Å²) in [5.41, 5.74) is -0.225. The average Bonchev–Trinajstić information content (AvgIpc) is 2.78. The molecule has 1 aromatic rings. The van der Waals surface area contributed by atoms with Crippen molar-refractivity contribution in [1.29, 1.82) is 0 Å². The van der Waals surface area contributed by atoms with Gasteiger partial charge in [-0.2, -0.15) is 0 Å². The van der Waals surface area contributed by atoms with Crippen LogP contribution in [0.1, 0.15) is 43.0 Å². The largest absolute Gasteiger partial charge is 0.456 e. The van der Waals surface area contributed by atoms with Crippen molar-refractivity contribution in [3.8, 4) is 0 Å². The van der Waals surface area contributed by atoms with E-state index in [2.05, 4.69) is 5.32 Å². The molecule has 96 valence electrons. The van der Waals surface area contributed by atoms with Crippen molar-refractivity contribution in [2.75, 3.05) is 13.2 Å². The number of aryl methyl sites for hydroxylation is 1. The van der Waals surface area contributed by atoms with Gasteiger partial charge < -0.3 is 14.8 Å². The van der Waals surface area contributed by atoms with Crippen molar-refractivity contribution in [3.05, 3.63) is 23.7 Å². The number of aliphatic hydroxyl groups excluding tert-OH is 1. The number of amides is 1. The monoisotopic (exact) mass is 239 g/mol. The number of hydrogen-bond acceptors (Lipinski definition) is 3. The molecule has 0 aromatic carbocycles. The van der Waals surface area contributed by atoms with E-state index in [4.69, 9.17) is 4.42 Å². The molecule has 0 radical (unpaired) electrons. The molecule has 4 nitrogen and oxygen atoms in total. The number of furan rings is 1. The third kappa shape index (κ3) is 3.33. The lowest BCUT2D eigenvalue weighted by atomic mass is 9.83. The van der Waals surface area contributed by atoms with Crippen molar-refractivity contribution in [3.63, 3.8) is 0 Å². The van der Waals surface area contributed by atoms with E-state index < -0.39 is 0 Å². The van der Waals surface area contributed by atoms with E-state index in [1.807, 2.05) is 13.8 Å². The minimum absolute atomic E-state index is 0.0808. The van der Waals surface area contributed by atoms with Gasteiger partial charge in [-0.05, 0) is 31.9 Å². The highest BCUT2D eigenvalue weighted by atomic mass is 16.3. The van der Waals surface area contributed by atoms with Gasteiger partial charge >= 0.3 is 0 Å². The summed E-state index contributed by atoms with van der Waals surface area (Å²) in [6.45, 7) is 6.38. The van der Waals surface area contributed by atoms with Crippen molar-refractivity contribution in [2.24, 2.45) is 5.41 Å². The van der Waals surface area contributed by atoms with Gasteiger partial charge in [-0.1, -0.05) is 13.8 Å². The topological polar surface area (TPSA) is 62.5 Å². The van der Waals surface area contributed by atoms with Gasteiger partial charge in [0.15, 0.2) is 5.76 Å². The standard InChI is InChI=1S/C13H21NO3/c1-4-13(5-2,9-15)8-14-12(16)11-7-6-10(3)17-11/h6-7,15H,4-5,8-9H2,1-3H3,(H,14,16). The molecule has 1 heterocycles. The Morgan fingerprint density at radius 3 is 2.47 bits per heavy atom. The van der Waals surface area contributed by atoms with Gasteiger partial charge in [-0.25, -0.2) is 0 Å². The number of nitrogens with one attached hydrogen (secondary N) is 1. The Kier molecular flexibility index (Phi) is 4.75. The van der Waals surface area contributed by atoms with E-state index in [1.165, 1.54) is 0 Å². The lowest BCUT2D eigenvalue weighted by molar-refractivity contribution is 0.0826. The SMILES string of the molecule is CCC(CC)(CO)CNC(=O)c1ccc(C)o1. The molecule has 0 aliphatic carbocycles. The van der Waals surface area contributed by atoms with Crippen LogP contribution in [0, 0.1) is 12.3 Å². The molecule has 0 fully saturated rings. The van der Waals surface area contributed by atoms with Crippen LogP contribution in [0.4, 0.5) is 0 Å². The van der Waals surface area contributed by atoms with E-state index in [0.29, 0.717) is 12.3 Å². The molecular weight excluding hydrogens is 218 g/mol. The third-order valence-corrected chi connectivity index (χ3v) is 3.42. The summed E-state index contributed by atoms with van der Waals surface area (Å²) < 4.78 is 5.24. The Morgan fingerprint density at radius 1 is 1.41 bits per heavy atom. The van der Waals surface area contributed by atoms with E-state index in [-0.39, 0.29) is 17.9 Å². The van der Waals surface area contributed by atoms with E-state index in [1.54, 1.807) is 19.1 Å². The van der Waals surface area contributed by atoms with Gasteiger partial charge in [0.25, 0.3) is 5.91 Å². The van der Waals surface area contributed by atoms with Crippen LogP contribution < -0.4 is 5.32 Å². The molecule has 0 aliphatic heterocycles. The minimum atomic E-state index is -0.225. The van der Waals surface area contributed by atoms with Crippen LogP contribution in [0.5, 0.6) is 0 Å². The first-order chi connectivity index (χ1) is 8.06. The molecule has 0 saturated carbocycles. The Balaban J connectivity index is 2.58. The van der Waals surface area contributed by atoms with Crippen molar-refractivity contribution >= 4 is 5.91 Å². The predicted molar refractivity (Wildman–Crippen MR) is 65.9 cm³/mol. The van der Waals surface area contributed by atoms with Crippen LogP contribution in [0.25, 0.3) is 0 Å². The Bertz CT molecular complexity index is 358. The molecule has 4 heteroatoms. The predicted octanol–water partition coefficient (Wildman–Crippen LogP) is 2.12. The van der Waals surface area contributed by atoms with Crippen LogP contribution in [-0.4, -0.2) is 24.2 Å². The van der Waals surface area contributed by atoms with Gasteiger partial charge in [-0.3, -0.25) is 4.79 Å². The van der Waals surface area contributed by atoms with Crippen LogP contribution in [0.15, 0.2) is 16.5 Å². The molecule has 2 N–H and O–H groups in total. The molecule has 0 aliphatic rings. The fourth-order valence-electron chi connectivity index (χ4n) is 1.69. The molecular formula is C13H21NO3. The van der Waals surface area contributed by atoms with Crippen LogP contribution in [-0.2, 0) is 0 Å². The number of carbonyl (C=O) groups is 1. The van der Waals surface area contributed by atoms with E-state index in [0.717, 1.165) is 18.6 Å². The summed E-state index contributed by atoms with van der Waals surface area (Å²) in [5.74, 6) is 0.814. The summed E-state index contributed by atoms with van der Waals surface area (Å²) in [6.07, 6.45) is 1.66. The second-order valence-electron chi connectivity index (χ2n) is 4.46. The summed E-state index contributed by atoms with van der Waals surface area (Å²) >= 11 is 0. The summed E-state index contributed by atoms with van der Waals surface area (Å²) in [5, 5.41) is 12.2. The molecule has 17 heavy (non-hydrogen) atoms. The molecule has 0 saturated heterocycles. The average molecular weight is 239 g/mol. The normalized spacial score (nSPS) is 11.5. The molecule has 0 bridgehead atoms. The Hall–Kier alpha value is -1.29. The zero-order valence-electron chi connectivity index (χ0n) is 10.7. The van der Waals surface area contributed by atoms with Gasteiger partial charge in [0.2, 0.25) is 0 Å². The van der Waals surface area contributed by atoms with Gasteiger partial charge in [0.05, 0.1) is 6.61 Å². The Labute approximate surface area is 102 Å². The maximum Gasteiger partial charge on any atom is 0.287 e. The number of hydrogen-bond donors (Lipinski definition) is 2. The Morgan fingerprint density at radius 2 is 2.06 bits per heavy atom. The fourth-order valence-corrected chi connectivity index (χ4v) is 1.69. The fraction of sp³-hybridized carbons (Fsp3) is 0.615. The molecule has 1 amide bonds. The summed E-state index contributed by atoms with van der Waals surface area (Å²) in [7, 11) is 0. The van der Waals surface area contributed by atoms with Gasteiger partial charge in [-0.15, -0.1) is 0 Å². The lowest BCUT2D eigenvalue weighted by Gasteiger charge is -2.29. The summed E-state index contributed by atoms with van der Waals surface area (Å²) in [6, 6.07) is 3.41. The van der Waals surface area contributed by atoms with Crippen molar-refractivity contribution < 1.29 is 14.3 Å². The number of aliphatic hydroxyl groups is 1. The number of rotatable bonds is 6. The van der Waals surface area contributed by atoms with Gasteiger partial charge in [0, 0.05) is 12.0 Å². The van der Waals surface area contributed by atoms with Gasteiger partial charge in [0.1, 0.15) is 5.76 Å². The van der Waals surface area contributed by atoms with E-state index >= 15 is 0 Å².